The number of benzene rings is 3. The predicted molar refractivity (Wildman–Crippen MR) is 121 cm³/mol. The molecular weight excluding hydrogens is 368 g/mol. The number of unbranched alkanes of at least 4 members (excludes halogenated alkanes) is 2. The lowest BCUT2D eigenvalue weighted by molar-refractivity contribution is 0.306. The molecule has 0 amide bonds. The maximum Gasteiger partial charge on any atom is 0.119 e. The third kappa shape index (κ3) is 4.70. The fraction of sp³-hybridized carbons (Fsp3) is 0.259. The van der Waals surface area contributed by atoms with Crippen molar-refractivity contribution in [1.82, 2.24) is 0 Å². The van der Waals surface area contributed by atoms with Crippen LogP contribution in [0.15, 0.2) is 60.7 Å². The highest BCUT2D eigenvalue weighted by Gasteiger charge is 2.13. The Morgan fingerprint density at radius 3 is 1.87 bits per heavy atom. The second-order valence-electron chi connectivity index (χ2n) is 7.26. The van der Waals surface area contributed by atoms with Gasteiger partial charge in [-0.3, -0.25) is 0 Å². The molecule has 0 unspecified atom stereocenters. The number of aryl methyl sites for hydroxylation is 1. The quantitative estimate of drug-likeness (QED) is 0.391. The van der Waals surface area contributed by atoms with E-state index in [1.807, 2.05) is 55.5 Å². The molecule has 0 fully saturated rings. The summed E-state index contributed by atoms with van der Waals surface area (Å²) in [5.41, 5.74) is 5.79. The van der Waals surface area contributed by atoms with E-state index in [2.05, 4.69) is 31.2 Å². The molecule has 3 rings (SSSR count). The summed E-state index contributed by atoms with van der Waals surface area (Å²) in [5.74, 6) is 0.894. The van der Waals surface area contributed by atoms with E-state index in [9.17, 15) is 10.5 Å². The molecule has 0 N–H and O–H groups in total. The first kappa shape index (κ1) is 21.2. The van der Waals surface area contributed by atoms with Crippen LogP contribution in [0.5, 0.6) is 5.75 Å². The number of nitrogens with zero attached hydrogens (tertiary/aromatic N) is 2. The summed E-state index contributed by atoms with van der Waals surface area (Å²) in [6.07, 6.45) is 4.19. The Morgan fingerprint density at radius 2 is 1.30 bits per heavy atom. The molecule has 3 heteroatoms. The van der Waals surface area contributed by atoms with Gasteiger partial charge in [-0.15, -0.1) is 0 Å². The van der Waals surface area contributed by atoms with Gasteiger partial charge in [-0.25, -0.2) is 0 Å². The van der Waals surface area contributed by atoms with Crippen LogP contribution in [0.1, 0.15) is 49.8 Å². The highest BCUT2D eigenvalue weighted by atomic mass is 16.5. The first-order chi connectivity index (χ1) is 14.7. The van der Waals surface area contributed by atoms with Crippen LogP contribution in [0.2, 0.25) is 0 Å². The minimum Gasteiger partial charge on any atom is -0.494 e. The molecule has 0 saturated heterocycles. The van der Waals surface area contributed by atoms with Crippen molar-refractivity contribution < 1.29 is 4.74 Å². The van der Waals surface area contributed by atoms with Crippen molar-refractivity contribution in [3.8, 4) is 40.1 Å². The number of ether oxygens (including phenoxy) is 1. The van der Waals surface area contributed by atoms with Gasteiger partial charge in [-0.2, -0.15) is 10.5 Å². The summed E-state index contributed by atoms with van der Waals surface area (Å²) in [7, 11) is 0. The van der Waals surface area contributed by atoms with Crippen molar-refractivity contribution in [3.05, 3.63) is 77.4 Å². The van der Waals surface area contributed by atoms with Crippen LogP contribution >= 0.6 is 0 Å². The van der Waals surface area contributed by atoms with Crippen molar-refractivity contribution in [1.29, 1.82) is 10.5 Å². The summed E-state index contributed by atoms with van der Waals surface area (Å²) >= 11 is 0. The van der Waals surface area contributed by atoms with Gasteiger partial charge in [0.2, 0.25) is 0 Å². The molecule has 0 spiro atoms. The average Bonchev–Trinajstić information content (AvgIpc) is 2.81. The van der Waals surface area contributed by atoms with E-state index in [1.54, 1.807) is 0 Å². The summed E-state index contributed by atoms with van der Waals surface area (Å²) in [6.45, 7) is 4.93. The van der Waals surface area contributed by atoms with Crippen molar-refractivity contribution >= 4 is 0 Å². The average molecular weight is 395 g/mol. The Bertz CT molecular complexity index is 1070. The van der Waals surface area contributed by atoms with Gasteiger partial charge >= 0.3 is 0 Å². The molecule has 3 nitrogen and oxygen atoms in total. The molecule has 0 aliphatic heterocycles. The second kappa shape index (κ2) is 10.3. The van der Waals surface area contributed by atoms with Crippen LogP contribution in [-0.2, 0) is 6.42 Å². The lowest BCUT2D eigenvalue weighted by Crippen LogP contribution is -1.96. The maximum absolute atomic E-state index is 9.65. The molecule has 3 aromatic carbocycles. The Morgan fingerprint density at radius 1 is 0.700 bits per heavy atom. The van der Waals surface area contributed by atoms with E-state index in [0.717, 1.165) is 53.0 Å². The van der Waals surface area contributed by atoms with E-state index in [4.69, 9.17) is 4.74 Å². The second-order valence-corrected chi connectivity index (χ2v) is 7.26. The topological polar surface area (TPSA) is 56.8 Å². The van der Waals surface area contributed by atoms with E-state index in [0.29, 0.717) is 11.1 Å². The predicted octanol–water partition coefficient (Wildman–Crippen LogP) is 6.90. The zero-order chi connectivity index (χ0) is 21.3. The highest BCUT2D eigenvalue weighted by molar-refractivity contribution is 5.77. The van der Waals surface area contributed by atoms with Crippen LogP contribution in [0.25, 0.3) is 22.3 Å². The summed E-state index contributed by atoms with van der Waals surface area (Å²) < 4.78 is 5.79. The fourth-order valence-electron chi connectivity index (χ4n) is 3.55. The summed E-state index contributed by atoms with van der Waals surface area (Å²) in [5, 5.41) is 19.2. The molecule has 0 aromatic heterocycles. The van der Waals surface area contributed by atoms with Crippen LogP contribution < -0.4 is 4.74 Å². The van der Waals surface area contributed by atoms with Gasteiger partial charge in [0.1, 0.15) is 17.9 Å². The van der Waals surface area contributed by atoms with Gasteiger partial charge < -0.3 is 4.74 Å². The van der Waals surface area contributed by atoms with Crippen LogP contribution in [0, 0.1) is 22.7 Å². The van der Waals surface area contributed by atoms with Crippen molar-refractivity contribution in [2.24, 2.45) is 0 Å². The van der Waals surface area contributed by atoms with Crippen molar-refractivity contribution in [3.63, 3.8) is 0 Å². The molecule has 0 aliphatic carbocycles. The lowest BCUT2D eigenvalue weighted by Gasteiger charge is -2.11. The molecule has 0 heterocycles. The molecule has 3 aromatic rings. The zero-order valence-electron chi connectivity index (χ0n) is 17.6. The Hall–Kier alpha value is -3.56. The largest absolute Gasteiger partial charge is 0.494 e. The molecule has 150 valence electrons. The van der Waals surface area contributed by atoms with Crippen LogP contribution in [0.4, 0.5) is 0 Å². The molecule has 0 bridgehead atoms. The molecule has 0 atom stereocenters. The first-order valence-electron chi connectivity index (χ1n) is 10.5. The highest BCUT2D eigenvalue weighted by Crippen LogP contribution is 2.30. The molecule has 0 aliphatic rings. The Labute approximate surface area is 179 Å². The van der Waals surface area contributed by atoms with Crippen molar-refractivity contribution in [2.75, 3.05) is 6.61 Å². The minimum absolute atomic E-state index is 0.453. The van der Waals surface area contributed by atoms with Gasteiger partial charge in [0.15, 0.2) is 0 Å². The first-order valence-corrected chi connectivity index (χ1v) is 10.5. The maximum atomic E-state index is 9.65. The van der Waals surface area contributed by atoms with Gasteiger partial charge in [-0.05, 0) is 47.2 Å². The van der Waals surface area contributed by atoms with Crippen LogP contribution in [-0.4, -0.2) is 6.61 Å². The molecular formula is C27H26N2O. The van der Waals surface area contributed by atoms with Gasteiger partial charge in [0, 0.05) is 5.56 Å². The number of rotatable bonds is 8. The van der Waals surface area contributed by atoms with Gasteiger partial charge in [0.25, 0.3) is 0 Å². The number of nitriles is 2. The fourth-order valence-corrected chi connectivity index (χ4v) is 3.55. The molecule has 0 radical (unpaired) electrons. The monoisotopic (exact) mass is 394 g/mol. The SMILES string of the molecule is CCCCCOc1ccc(-c2ccc(-c3ccc(CC)c(C#N)c3C#N)cc2)cc1. The van der Waals surface area contributed by atoms with Crippen LogP contribution in [0.3, 0.4) is 0 Å². The van der Waals surface area contributed by atoms with Crippen molar-refractivity contribution in [2.45, 2.75) is 39.5 Å². The Kier molecular flexibility index (Phi) is 7.25. The number of hydrogen-bond acceptors (Lipinski definition) is 3. The normalized spacial score (nSPS) is 10.3. The van der Waals surface area contributed by atoms with E-state index < -0.39 is 0 Å². The van der Waals surface area contributed by atoms with E-state index in [1.165, 1.54) is 12.8 Å². The van der Waals surface area contributed by atoms with Gasteiger partial charge in [0.05, 0.1) is 17.7 Å². The zero-order valence-corrected chi connectivity index (χ0v) is 17.6. The van der Waals surface area contributed by atoms with Gasteiger partial charge in [-0.1, -0.05) is 75.2 Å². The third-order valence-electron chi connectivity index (χ3n) is 5.30. The lowest BCUT2D eigenvalue weighted by atomic mass is 9.91. The standard InChI is InChI=1S/C27H26N2O/c1-3-5-6-17-30-24-14-11-22(12-15-24)21-7-9-23(10-8-21)25-16-13-20(4-2)26(18-28)27(25)19-29/h7-16H,3-6,17H2,1-2H3. The molecule has 30 heavy (non-hydrogen) atoms. The summed E-state index contributed by atoms with van der Waals surface area (Å²) in [6, 6.07) is 24.6. The minimum atomic E-state index is 0.453. The number of hydrogen-bond donors (Lipinski definition) is 0. The van der Waals surface area contributed by atoms with E-state index >= 15 is 0 Å². The molecule has 0 saturated carbocycles. The summed E-state index contributed by atoms with van der Waals surface area (Å²) in [4.78, 5) is 0. The Balaban J connectivity index is 1.81. The smallest absolute Gasteiger partial charge is 0.119 e. The van der Waals surface area contributed by atoms with E-state index in [-0.39, 0.29) is 0 Å². The third-order valence-corrected chi connectivity index (χ3v) is 5.30.